The van der Waals surface area contributed by atoms with E-state index in [4.69, 9.17) is 5.84 Å². The minimum absolute atomic E-state index is 0.146. The Morgan fingerprint density at radius 1 is 1.17 bits per heavy atom. The molecule has 74 valence electrons. The van der Waals surface area contributed by atoms with Crippen molar-refractivity contribution in [2.45, 2.75) is 39.0 Å². The van der Waals surface area contributed by atoms with Crippen molar-refractivity contribution >= 4 is 10.0 Å². The molecule has 3 N–H and O–H groups in total. The fourth-order valence-corrected chi connectivity index (χ4v) is 1.66. The maximum Gasteiger partial charge on any atom is 0.224 e. The summed E-state index contributed by atoms with van der Waals surface area (Å²) in [5.41, 5.74) is 0. The predicted octanol–water partition coefficient (Wildman–Crippen LogP) is 0.750. The smallest absolute Gasteiger partial charge is 0.224 e. The first-order valence-corrected chi connectivity index (χ1v) is 5.97. The number of rotatable bonds is 7. The minimum atomic E-state index is -3.18. The summed E-state index contributed by atoms with van der Waals surface area (Å²) >= 11 is 0. The highest BCUT2D eigenvalue weighted by atomic mass is 32.2. The number of hydrazine groups is 1. The minimum Gasteiger partial charge on any atom is -0.258 e. The monoisotopic (exact) mass is 194 g/mol. The van der Waals surface area contributed by atoms with E-state index in [0.29, 0.717) is 6.42 Å². The van der Waals surface area contributed by atoms with Crippen molar-refractivity contribution in [3.63, 3.8) is 0 Å². The van der Waals surface area contributed by atoms with Crippen molar-refractivity contribution in [2.24, 2.45) is 5.84 Å². The third-order valence-electron chi connectivity index (χ3n) is 1.70. The summed E-state index contributed by atoms with van der Waals surface area (Å²) in [5, 5.41) is 0. The molecular weight excluding hydrogens is 176 g/mol. The van der Waals surface area contributed by atoms with E-state index in [0.717, 1.165) is 12.8 Å². The highest BCUT2D eigenvalue weighted by molar-refractivity contribution is 7.89. The lowest BCUT2D eigenvalue weighted by Crippen LogP contribution is -2.32. The SMILES string of the molecule is CCCCCCCS(=O)(=O)NN. The normalized spacial score (nSPS) is 11.8. The molecule has 0 aromatic heterocycles. The topological polar surface area (TPSA) is 72.2 Å². The molecule has 0 aliphatic heterocycles. The van der Waals surface area contributed by atoms with Gasteiger partial charge in [-0.25, -0.2) is 8.42 Å². The first-order chi connectivity index (χ1) is 5.62. The van der Waals surface area contributed by atoms with Gasteiger partial charge >= 0.3 is 0 Å². The summed E-state index contributed by atoms with van der Waals surface area (Å²) < 4.78 is 21.6. The van der Waals surface area contributed by atoms with E-state index in [9.17, 15) is 8.42 Å². The van der Waals surface area contributed by atoms with Crippen molar-refractivity contribution < 1.29 is 8.42 Å². The second-order valence-electron chi connectivity index (χ2n) is 2.85. The molecule has 0 saturated heterocycles. The third kappa shape index (κ3) is 6.57. The van der Waals surface area contributed by atoms with E-state index >= 15 is 0 Å². The van der Waals surface area contributed by atoms with Crippen LogP contribution in [0.5, 0.6) is 0 Å². The van der Waals surface area contributed by atoms with Gasteiger partial charge in [0.25, 0.3) is 0 Å². The number of hydrogen-bond donors (Lipinski definition) is 2. The van der Waals surface area contributed by atoms with Gasteiger partial charge in [-0.05, 0) is 6.42 Å². The van der Waals surface area contributed by atoms with E-state index in [1.165, 1.54) is 12.8 Å². The molecule has 5 heteroatoms. The Morgan fingerprint density at radius 3 is 2.25 bits per heavy atom. The summed E-state index contributed by atoms with van der Waals surface area (Å²) in [5.74, 6) is 4.96. The summed E-state index contributed by atoms with van der Waals surface area (Å²) in [7, 11) is -3.18. The van der Waals surface area contributed by atoms with Crippen molar-refractivity contribution in [1.82, 2.24) is 4.83 Å². The van der Waals surface area contributed by atoms with Crippen LogP contribution in [0, 0.1) is 0 Å². The second kappa shape index (κ2) is 6.39. The molecule has 12 heavy (non-hydrogen) atoms. The molecule has 0 aromatic carbocycles. The molecule has 0 saturated carbocycles. The van der Waals surface area contributed by atoms with Crippen LogP contribution in [0.15, 0.2) is 0 Å². The molecule has 0 radical (unpaired) electrons. The zero-order chi connectivity index (χ0) is 9.45. The molecule has 4 nitrogen and oxygen atoms in total. The number of hydrogen-bond acceptors (Lipinski definition) is 3. The Labute approximate surface area is 74.5 Å². The zero-order valence-corrected chi connectivity index (χ0v) is 8.36. The molecule has 0 aliphatic carbocycles. The zero-order valence-electron chi connectivity index (χ0n) is 7.54. The average Bonchev–Trinajstić information content (AvgIpc) is 2.04. The van der Waals surface area contributed by atoms with Crippen LogP contribution in [-0.4, -0.2) is 14.2 Å². The van der Waals surface area contributed by atoms with Gasteiger partial charge in [0.15, 0.2) is 0 Å². The van der Waals surface area contributed by atoms with Gasteiger partial charge in [0.2, 0.25) is 10.0 Å². The van der Waals surface area contributed by atoms with Crippen LogP contribution in [-0.2, 0) is 10.0 Å². The molecule has 0 aliphatic rings. The standard InChI is InChI=1S/C7H18N2O2S/c1-2-3-4-5-6-7-12(10,11)9-8/h9H,2-8H2,1H3. The largest absolute Gasteiger partial charge is 0.258 e. The van der Waals surface area contributed by atoms with Crippen molar-refractivity contribution in [2.75, 3.05) is 5.75 Å². The van der Waals surface area contributed by atoms with Gasteiger partial charge in [0.05, 0.1) is 5.75 Å². The van der Waals surface area contributed by atoms with Gasteiger partial charge in [0.1, 0.15) is 0 Å². The first-order valence-electron chi connectivity index (χ1n) is 4.32. The van der Waals surface area contributed by atoms with E-state index in [1.807, 2.05) is 0 Å². The Morgan fingerprint density at radius 2 is 1.75 bits per heavy atom. The van der Waals surface area contributed by atoms with Gasteiger partial charge in [-0.15, -0.1) is 0 Å². The predicted molar refractivity (Wildman–Crippen MR) is 49.9 cm³/mol. The van der Waals surface area contributed by atoms with E-state index in [-0.39, 0.29) is 5.75 Å². The van der Waals surface area contributed by atoms with Crippen molar-refractivity contribution in [1.29, 1.82) is 0 Å². The second-order valence-corrected chi connectivity index (χ2v) is 4.72. The molecule has 0 atom stereocenters. The highest BCUT2D eigenvalue weighted by Crippen LogP contribution is 2.03. The van der Waals surface area contributed by atoms with E-state index in [2.05, 4.69) is 6.92 Å². The maximum absolute atomic E-state index is 10.8. The average molecular weight is 194 g/mol. The van der Waals surface area contributed by atoms with Crippen LogP contribution in [0.25, 0.3) is 0 Å². The Bertz CT molecular complexity index is 190. The van der Waals surface area contributed by atoms with Gasteiger partial charge in [-0.3, -0.25) is 5.84 Å². The molecule has 0 rings (SSSR count). The molecule has 0 unspecified atom stereocenters. The van der Waals surface area contributed by atoms with Crippen molar-refractivity contribution in [3.05, 3.63) is 0 Å². The van der Waals surface area contributed by atoms with E-state index in [1.54, 1.807) is 4.83 Å². The van der Waals surface area contributed by atoms with Crippen molar-refractivity contribution in [3.8, 4) is 0 Å². The Balaban J connectivity index is 3.32. The fraction of sp³-hybridized carbons (Fsp3) is 1.00. The highest BCUT2D eigenvalue weighted by Gasteiger charge is 2.05. The molecule has 0 heterocycles. The Hall–Kier alpha value is -0.130. The van der Waals surface area contributed by atoms with Crippen LogP contribution in [0.4, 0.5) is 0 Å². The molecule has 0 aromatic rings. The van der Waals surface area contributed by atoms with Crippen LogP contribution in [0.2, 0.25) is 0 Å². The van der Waals surface area contributed by atoms with Gasteiger partial charge < -0.3 is 0 Å². The molecule has 0 amide bonds. The fourth-order valence-electron chi connectivity index (χ4n) is 0.955. The summed E-state index contributed by atoms with van der Waals surface area (Å²) in [6.45, 7) is 2.12. The van der Waals surface area contributed by atoms with Gasteiger partial charge in [-0.2, -0.15) is 4.83 Å². The van der Waals surface area contributed by atoms with E-state index < -0.39 is 10.0 Å². The first kappa shape index (κ1) is 11.9. The Kier molecular flexibility index (Phi) is 6.32. The summed E-state index contributed by atoms with van der Waals surface area (Å²) in [4.78, 5) is 1.80. The van der Waals surface area contributed by atoms with Gasteiger partial charge in [0, 0.05) is 0 Å². The van der Waals surface area contributed by atoms with Crippen LogP contribution in [0.3, 0.4) is 0 Å². The lowest BCUT2D eigenvalue weighted by Gasteiger charge is -2.01. The van der Waals surface area contributed by atoms with Crippen LogP contribution < -0.4 is 10.7 Å². The summed E-state index contributed by atoms with van der Waals surface area (Å²) in [6, 6.07) is 0. The quantitative estimate of drug-likeness (QED) is 0.357. The number of sulfonamides is 1. The molecule has 0 spiro atoms. The van der Waals surface area contributed by atoms with Crippen LogP contribution in [0.1, 0.15) is 39.0 Å². The maximum atomic E-state index is 10.8. The molecule has 0 bridgehead atoms. The third-order valence-corrected chi connectivity index (χ3v) is 2.88. The molecule has 0 fully saturated rings. The van der Waals surface area contributed by atoms with Crippen LogP contribution >= 0.6 is 0 Å². The summed E-state index contributed by atoms with van der Waals surface area (Å²) in [6.07, 6.45) is 5.12. The number of unbranched alkanes of at least 4 members (excludes halogenated alkanes) is 4. The number of nitrogens with two attached hydrogens (primary N) is 1. The lowest BCUT2D eigenvalue weighted by atomic mass is 10.2. The molecular formula is C7H18N2O2S. The lowest BCUT2D eigenvalue weighted by molar-refractivity contribution is 0.575. The number of nitrogens with one attached hydrogen (secondary N) is 1. The van der Waals surface area contributed by atoms with Gasteiger partial charge in [-0.1, -0.05) is 32.6 Å².